The first-order valence-corrected chi connectivity index (χ1v) is 5.35. The van der Waals surface area contributed by atoms with E-state index in [4.69, 9.17) is 4.65 Å². The number of halogens is 1. The van der Waals surface area contributed by atoms with Crippen molar-refractivity contribution in [2.45, 2.75) is 37.1 Å². The van der Waals surface area contributed by atoms with Gasteiger partial charge in [-0.3, -0.25) is 0 Å². The molecule has 1 fully saturated rings. The summed E-state index contributed by atoms with van der Waals surface area (Å²) in [7, 11) is 3.19. The molecule has 3 atom stereocenters. The molecule has 1 rings (SSSR count). The van der Waals surface area contributed by atoms with Gasteiger partial charge in [0.1, 0.15) is 0 Å². The number of rotatable bonds is 2. The summed E-state index contributed by atoms with van der Waals surface area (Å²) in [6.45, 7) is 2.27. The Morgan fingerprint density at radius 2 is 2.25 bits per heavy atom. The molecule has 0 bridgehead atoms. The molecule has 0 aliphatic heterocycles. The van der Waals surface area contributed by atoms with Gasteiger partial charge in [0.2, 0.25) is 0 Å². The van der Waals surface area contributed by atoms with E-state index in [9.17, 15) is 0 Å². The van der Waals surface area contributed by atoms with Crippen LogP contribution in [0.2, 0.25) is 0 Å². The van der Waals surface area contributed by atoms with Crippen molar-refractivity contribution in [1.29, 1.82) is 0 Å². The molecular weight excluding hydrogens is 217 g/mol. The van der Waals surface area contributed by atoms with Crippen LogP contribution in [0.3, 0.4) is 0 Å². The average Bonchev–Trinajstić information content (AvgIpc) is 2.08. The SMILES string of the molecule is COB=NC1CCCC(C)C1Br. The molecule has 3 unspecified atom stereocenters. The van der Waals surface area contributed by atoms with E-state index in [0.717, 1.165) is 5.92 Å². The van der Waals surface area contributed by atoms with E-state index in [1.165, 1.54) is 19.3 Å². The van der Waals surface area contributed by atoms with Crippen LogP contribution in [0.5, 0.6) is 0 Å². The first-order valence-electron chi connectivity index (χ1n) is 4.44. The van der Waals surface area contributed by atoms with Crippen LogP contribution in [0.1, 0.15) is 26.2 Å². The summed E-state index contributed by atoms with van der Waals surface area (Å²) in [6.07, 6.45) is 3.78. The second-order valence-corrected chi connectivity index (χ2v) is 4.47. The Morgan fingerprint density at radius 3 is 2.92 bits per heavy atom. The Balaban J connectivity index is 2.46. The summed E-state index contributed by atoms with van der Waals surface area (Å²) in [5.41, 5.74) is 0. The van der Waals surface area contributed by atoms with Crippen molar-refractivity contribution >= 4 is 23.2 Å². The van der Waals surface area contributed by atoms with Crippen molar-refractivity contribution in [3.05, 3.63) is 0 Å². The molecule has 0 heterocycles. The van der Waals surface area contributed by atoms with Gasteiger partial charge in [0.25, 0.3) is 0 Å². The van der Waals surface area contributed by atoms with E-state index in [-0.39, 0.29) is 0 Å². The van der Waals surface area contributed by atoms with Crippen LogP contribution in [0, 0.1) is 5.92 Å². The fourth-order valence-corrected chi connectivity index (χ4v) is 2.31. The third-order valence-corrected chi connectivity index (χ3v) is 3.94. The predicted octanol–water partition coefficient (Wildman–Crippen LogP) is 2.39. The van der Waals surface area contributed by atoms with E-state index in [1.54, 1.807) is 14.4 Å². The molecule has 0 aromatic carbocycles. The number of hydrogen-bond donors (Lipinski definition) is 0. The molecule has 68 valence electrons. The summed E-state index contributed by atoms with van der Waals surface area (Å²) in [5, 5.41) is 0. The molecule has 0 radical (unpaired) electrons. The third kappa shape index (κ3) is 2.58. The van der Waals surface area contributed by atoms with Crippen LogP contribution >= 0.6 is 15.9 Å². The van der Waals surface area contributed by atoms with Gasteiger partial charge in [-0.1, -0.05) is 0 Å². The van der Waals surface area contributed by atoms with Gasteiger partial charge in [-0.05, 0) is 0 Å². The number of hydrogen-bond acceptors (Lipinski definition) is 2. The quantitative estimate of drug-likeness (QED) is 0.529. The standard InChI is InChI=1S/C8H15BBrNO/c1-6-4-3-5-7(8(6)10)11-9-12-2/h6-8H,3-5H2,1-2H3. The molecule has 4 heteroatoms. The van der Waals surface area contributed by atoms with E-state index >= 15 is 0 Å². The molecule has 0 aromatic heterocycles. The maximum absolute atomic E-state index is 4.82. The zero-order valence-electron chi connectivity index (χ0n) is 7.66. The topological polar surface area (TPSA) is 21.6 Å². The second-order valence-electron chi connectivity index (χ2n) is 3.41. The fraction of sp³-hybridized carbons (Fsp3) is 1.00. The van der Waals surface area contributed by atoms with Gasteiger partial charge >= 0.3 is 82.8 Å². The summed E-state index contributed by atoms with van der Waals surface area (Å²) < 4.78 is 4.82. The van der Waals surface area contributed by atoms with Crippen molar-refractivity contribution in [2.24, 2.45) is 10.8 Å². The fourth-order valence-electron chi connectivity index (χ4n) is 1.64. The number of alkyl halides is 1. The zero-order valence-corrected chi connectivity index (χ0v) is 9.25. The molecular formula is C8H15BBrNO. The Morgan fingerprint density at radius 1 is 1.50 bits per heavy atom. The normalized spacial score (nSPS) is 36.4. The van der Waals surface area contributed by atoms with Gasteiger partial charge < -0.3 is 0 Å². The Labute approximate surface area is 83.2 Å². The minimum absolute atomic E-state index is 0.411. The monoisotopic (exact) mass is 231 g/mol. The van der Waals surface area contributed by atoms with Crippen molar-refractivity contribution in [3.8, 4) is 0 Å². The molecule has 0 saturated heterocycles. The molecule has 0 N–H and O–H groups in total. The molecule has 0 amide bonds. The summed E-state index contributed by atoms with van der Waals surface area (Å²) in [6, 6.07) is 0.411. The van der Waals surface area contributed by atoms with Crippen LogP contribution in [-0.4, -0.2) is 25.3 Å². The molecule has 12 heavy (non-hydrogen) atoms. The summed E-state index contributed by atoms with van der Waals surface area (Å²) >= 11 is 3.68. The Hall–Kier alpha value is 0.145. The maximum atomic E-state index is 4.82. The van der Waals surface area contributed by atoms with Crippen LogP contribution in [0.25, 0.3) is 0 Å². The minimum atomic E-state index is 0.411. The third-order valence-electron chi connectivity index (χ3n) is 2.43. The Kier molecular flexibility index (Phi) is 4.26. The molecule has 2 nitrogen and oxygen atoms in total. The van der Waals surface area contributed by atoms with Crippen molar-refractivity contribution in [1.82, 2.24) is 0 Å². The predicted molar refractivity (Wildman–Crippen MR) is 54.7 cm³/mol. The molecule has 1 aliphatic rings. The Bertz CT molecular complexity index is 165. The van der Waals surface area contributed by atoms with E-state index in [1.807, 2.05) is 0 Å². The molecule has 0 spiro atoms. The zero-order chi connectivity index (χ0) is 8.97. The van der Waals surface area contributed by atoms with E-state index in [2.05, 4.69) is 27.7 Å². The van der Waals surface area contributed by atoms with E-state index in [0.29, 0.717) is 10.9 Å². The van der Waals surface area contributed by atoms with Crippen molar-refractivity contribution in [2.75, 3.05) is 7.11 Å². The molecule has 1 saturated carbocycles. The van der Waals surface area contributed by atoms with Crippen LogP contribution in [-0.2, 0) is 4.65 Å². The van der Waals surface area contributed by atoms with Crippen LogP contribution < -0.4 is 0 Å². The van der Waals surface area contributed by atoms with Gasteiger partial charge in [-0.25, -0.2) is 0 Å². The van der Waals surface area contributed by atoms with Gasteiger partial charge in [0, 0.05) is 0 Å². The van der Waals surface area contributed by atoms with Crippen LogP contribution in [0.4, 0.5) is 0 Å². The molecule has 0 aromatic rings. The summed E-state index contributed by atoms with van der Waals surface area (Å²) in [4.78, 5) is 4.86. The van der Waals surface area contributed by atoms with Crippen LogP contribution in [0.15, 0.2) is 4.90 Å². The van der Waals surface area contributed by atoms with E-state index < -0.39 is 0 Å². The van der Waals surface area contributed by atoms with Crippen molar-refractivity contribution < 1.29 is 4.65 Å². The first-order chi connectivity index (χ1) is 5.75. The first kappa shape index (κ1) is 10.2. The molecule has 1 aliphatic carbocycles. The van der Waals surface area contributed by atoms with Crippen molar-refractivity contribution in [3.63, 3.8) is 0 Å². The summed E-state index contributed by atoms with van der Waals surface area (Å²) in [5.74, 6) is 0.734. The average molecular weight is 232 g/mol. The number of nitrogens with zero attached hydrogens (tertiary/aromatic N) is 1. The van der Waals surface area contributed by atoms with Gasteiger partial charge in [-0.15, -0.1) is 0 Å². The second kappa shape index (κ2) is 5.00. The van der Waals surface area contributed by atoms with Gasteiger partial charge in [0.15, 0.2) is 0 Å². The van der Waals surface area contributed by atoms with Gasteiger partial charge in [0.05, 0.1) is 0 Å². The van der Waals surface area contributed by atoms with Gasteiger partial charge in [-0.2, -0.15) is 0 Å².